The summed E-state index contributed by atoms with van der Waals surface area (Å²) in [6.07, 6.45) is -5.67. The molecule has 1 N–H and O–H groups in total. The second-order valence-electron chi connectivity index (χ2n) is 5.90. The van der Waals surface area contributed by atoms with Crippen molar-refractivity contribution in [1.82, 2.24) is 4.90 Å². The van der Waals surface area contributed by atoms with Gasteiger partial charge in [0, 0.05) is 31.1 Å². The molecule has 1 fully saturated rings. The number of rotatable bonds is 2. The normalized spacial score (nSPS) is 62.5. The van der Waals surface area contributed by atoms with Gasteiger partial charge in [-0.05, 0) is 37.9 Å². The fourth-order valence-corrected chi connectivity index (χ4v) is 4.11. The number of methoxy groups -OCH3 is 1. The number of piperidine rings is 1. The number of hydrogen-bond donors (Lipinski definition) is 1. The molecule has 0 amide bonds. The highest BCUT2D eigenvalue weighted by Crippen LogP contribution is 2.62. The third-order valence-electron chi connectivity index (χ3n) is 5.01. The van der Waals surface area contributed by atoms with E-state index in [1.807, 2.05) is 0 Å². The molecule has 2 heterocycles. The van der Waals surface area contributed by atoms with Crippen LogP contribution in [0, 0.1) is 5.89 Å². The summed E-state index contributed by atoms with van der Waals surface area (Å²) in [7, 11) is -2.92. The van der Waals surface area contributed by atoms with E-state index >= 15 is 0 Å². The van der Waals surface area contributed by atoms with Crippen LogP contribution in [0.3, 0.4) is 0 Å². The molecule has 116 valence electrons. The van der Waals surface area contributed by atoms with Gasteiger partial charge in [0.05, 0.1) is 13.9 Å². The molecule has 0 radical (unpaired) electrons. The third-order valence-corrected chi connectivity index (χ3v) is 5.01. The van der Waals surface area contributed by atoms with E-state index in [0.717, 1.165) is 23.1 Å². The summed E-state index contributed by atoms with van der Waals surface area (Å²) >= 11 is 0. The molecule has 4 aliphatic rings. The molecule has 5 rings (SSSR count). The Hall–Kier alpha value is -1.52. The van der Waals surface area contributed by atoms with E-state index in [-0.39, 0.29) is 35.6 Å². The maximum Gasteiger partial charge on any atom is 0.211 e. The first-order chi connectivity index (χ1) is 15.4. The topological polar surface area (TPSA) is 41.9 Å². The molecule has 2 aliphatic carbocycles. The van der Waals surface area contributed by atoms with Crippen LogP contribution in [-0.4, -0.2) is 50.2 Å². The minimum Gasteiger partial charge on any atom is -0.493 e. The number of ether oxygens (including phenoxy) is 2. The molecule has 22 heavy (non-hydrogen) atoms. The van der Waals surface area contributed by atoms with Gasteiger partial charge in [0.1, 0.15) is 12.2 Å². The predicted octanol–water partition coefficient (Wildman–Crippen LogP) is 1.50. The predicted molar refractivity (Wildman–Crippen MR) is 82.5 cm³/mol. The van der Waals surface area contributed by atoms with Crippen molar-refractivity contribution < 1.29 is 29.7 Å². The SMILES string of the molecule is [2H]OC1([2H])C=C[C@@]2([2H])[C@@H]3N(C([2H])([2H])[2H])CC[C@@]24c2c(ccc(OC([2H])([2H])[2H])c2OC14[2H])C3([2H])[2H]. The quantitative estimate of drug-likeness (QED) is 0.841. The van der Waals surface area contributed by atoms with Crippen molar-refractivity contribution in [1.29, 1.82) is 1.43 Å². The summed E-state index contributed by atoms with van der Waals surface area (Å²) in [6, 6.07) is 0.787. The van der Waals surface area contributed by atoms with Crippen molar-refractivity contribution in [3.63, 3.8) is 0 Å². The highest BCUT2D eigenvalue weighted by atomic mass is 16.5. The second kappa shape index (κ2) is 4.06. The number of hydrogen-bond acceptors (Lipinski definition) is 4. The first-order valence-electron chi connectivity index (χ1n) is 13.0. The maximum atomic E-state index is 9.50. The molecule has 0 saturated carbocycles. The van der Waals surface area contributed by atoms with Crippen molar-refractivity contribution >= 4 is 0 Å². The van der Waals surface area contributed by atoms with Crippen molar-refractivity contribution in [3.8, 4) is 11.5 Å². The van der Waals surface area contributed by atoms with E-state index in [1.165, 1.54) is 6.07 Å². The lowest BCUT2D eigenvalue weighted by Gasteiger charge is -2.56. The molecule has 5 atom stereocenters. The maximum absolute atomic E-state index is 9.50. The molecule has 2 bridgehead atoms. The van der Waals surface area contributed by atoms with Gasteiger partial charge in [-0.3, -0.25) is 0 Å². The van der Waals surface area contributed by atoms with E-state index in [1.54, 1.807) is 0 Å². The molecule has 1 spiro atoms. The molecule has 1 aromatic rings. The van der Waals surface area contributed by atoms with Crippen molar-refractivity contribution in [2.45, 2.75) is 36.4 Å². The minimum absolute atomic E-state index is 0.0243. The fourth-order valence-electron chi connectivity index (χ4n) is 4.11. The molecule has 2 unspecified atom stereocenters. The Labute approximate surface area is 147 Å². The van der Waals surface area contributed by atoms with Crippen LogP contribution in [0.4, 0.5) is 0 Å². The zero-order valence-corrected chi connectivity index (χ0v) is 11.5. The first kappa shape index (κ1) is 5.84. The molecular formula is C18H21NO3. The summed E-state index contributed by atoms with van der Waals surface area (Å²) < 4.78 is 110. The van der Waals surface area contributed by atoms with Gasteiger partial charge in [-0.25, -0.2) is 0 Å². The van der Waals surface area contributed by atoms with E-state index in [0.29, 0.717) is 0 Å². The van der Waals surface area contributed by atoms with Gasteiger partial charge in [-0.2, -0.15) is 0 Å². The van der Waals surface area contributed by atoms with Gasteiger partial charge in [-0.15, -0.1) is 0 Å². The Balaban J connectivity index is 1.91. The largest absolute Gasteiger partial charge is 0.493 e. The minimum atomic E-state index is -2.92. The average Bonchev–Trinajstić information content (AvgIpc) is 2.97. The van der Waals surface area contributed by atoms with Crippen LogP contribution in [-0.2, 0) is 11.8 Å². The fraction of sp³-hybridized carbons (Fsp3) is 0.556. The Morgan fingerprint density at radius 1 is 1.59 bits per heavy atom. The Kier molecular flexibility index (Phi) is 1.08. The summed E-state index contributed by atoms with van der Waals surface area (Å²) in [5, 5.41) is 4.62. The molecule has 0 aromatic heterocycles. The van der Waals surface area contributed by atoms with Gasteiger partial charge in [0.25, 0.3) is 0 Å². The van der Waals surface area contributed by atoms with E-state index in [2.05, 4.69) is 5.11 Å². The van der Waals surface area contributed by atoms with Crippen molar-refractivity contribution in [2.24, 2.45) is 5.89 Å². The van der Waals surface area contributed by atoms with Gasteiger partial charge < -0.3 is 19.5 Å². The molecular weight excluding hydrogens is 278 g/mol. The molecule has 4 heteroatoms. The highest BCUT2D eigenvalue weighted by Gasteiger charge is 2.64. The van der Waals surface area contributed by atoms with Crippen LogP contribution < -0.4 is 9.47 Å². The summed E-state index contributed by atoms with van der Waals surface area (Å²) in [4.78, 5) is 0.919. The monoisotopic (exact) mass is 311 g/mol. The number of benzene rings is 1. The zero-order chi connectivity index (χ0) is 25.3. The molecule has 2 aliphatic heterocycles. The van der Waals surface area contributed by atoms with Crippen LogP contribution in [0.2, 0.25) is 0 Å². The first-order valence-corrected chi connectivity index (χ1v) is 7.07. The Morgan fingerprint density at radius 3 is 3.45 bits per heavy atom. The van der Waals surface area contributed by atoms with E-state index in [4.69, 9.17) is 23.2 Å². The van der Waals surface area contributed by atoms with Gasteiger partial charge in [0.2, 0.25) is 1.43 Å². The average molecular weight is 311 g/mol. The highest BCUT2D eigenvalue weighted by molar-refractivity contribution is 5.62. The number of nitrogens with zero attached hydrogens (tertiary/aromatic N) is 1. The van der Waals surface area contributed by atoms with Gasteiger partial charge >= 0.3 is 0 Å². The molecule has 1 saturated heterocycles. The van der Waals surface area contributed by atoms with Crippen LogP contribution in [0.1, 0.15) is 32.6 Å². The summed E-state index contributed by atoms with van der Waals surface area (Å²) in [5.41, 5.74) is -1.98. The Bertz CT molecular complexity index is 1100. The number of aliphatic hydroxyl groups is 1. The number of likely N-dealkylation sites (N-methyl/N-ethyl adjacent to an activating group) is 1. The lowest BCUT2D eigenvalue weighted by molar-refractivity contribution is -0.0453. The van der Waals surface area contributed by atoms with Crippen LogP contribution >= 0.6 is 0 Å². The Morgan fingerprint density at radius 2 is 2.59 bits per heavy atom. The van der Waals surface area contributed by atoms with Crippen LogP contribution in [0.15, 0.2) is 24.3 Å². The molecule has 4 nitrogen and oxygen atoms in total. The van der Waals surface area contributed by atoms with E-state index < -0.39 is 49.9 Å². The lowest BCUT2D eigenvalue weighted by atomic mass is 9.53. The van der Waals surface area contributed by atoms with E-state index in [9.17, 15) is 2.74 Å². The zero-order valence-electron chi connectivity index (χ0n) is 23.5. The third kappa shape index (κ3) is 1.28. The number of likely N-dealkylation sites (tertiary alicyclic amines) is 1. The van der Waals surface area contributed by atoms with Crippen LogP contribution in [0.25, 0.3) is 0 Å². The smallest absolute Gasteiger partial charge is 0.211 e. The standard InChI is InChI=1S/C18H21NO3/c1-19-8-7-18-11-4-5-13(20)17(18)22-16-14(21-2)6-3-10(15(16)18)9-12(11)19/h3-6,11-13,17,20H,7-9H2,1-2H3/t11-,12+,13?,17?,18-/m0/s1/i1D3,2D3,9D2,11D,13D,17D,20D. The molecule has 1 aromatic carbocycles. The van der Waals surface area contributed by atoms with Gasteiger partial charge in [0.15, 0.2) is 11.5 Å². The van der Waals surface area contributed by atoms with Crippen molar-refractivity contribution in [2.75, 3.05) is 20.6 Å². The van der Waals surface area contributed by atoms with Gasteiger partial charge in [-0.1, -0.05) is 18.2 Å². The van der Waals surface area contributed by atoms with Crippen molar-refractivity contribution in [3.05, 3.63) is 35.4 Å². The van der Waals surface area contributed by atoms with Crippen LogP contribution in [0.5, 0.6) is 11.5 Å². The second-order valence-corrected chi connectivity index (χ2v) is 5.90. The summed E-state index contributed by atoms with van der Waals surface area (Å²) in [6.45, 7) is -3.03. The lowest BCUT2D eigenvalue weighted by Crippen LogP contribution is -2.64. The summed E-state index contributed by atoms with van der Waals surface area (Å²) in [5.74, 6) is -2.80.